The van der Waals surface area contributed by atoms with Gasteiger partial charge in [0.1, 0.15) is 11.3 Å². The average molecular weight is 406 g/mol. The normalized spacial score (nSPS) is 21.6. The van der Waals surface area contributed by atoms with Crippen molar-refractivity contribution in [2.45, 2.75) is 51.1 Å². The smallest absolute Gasteiger partial charge is 0.274 e. The Morgan fingerprint density at radius 3 is 2.50 bits per heavy atom. The van der Waals surface area contributed by atoms with Gasteiger partial charge >= 0.3 is 0 Å². The molecule has 2 fully saturated rings. The first-order valence-electron chi connectivity index (χ1n) is 10.7. The molecule has 8 heteroatoms. The van der Waals surface area contributed by atoms with E-state index in [-0.39, 0.29) is 23.9 Å². The highest BCUT2D eigenvalue weighted by molar-refractivity contribution is 6.05. The monoisotopic (exact) mass is 406 g/mol. The first kappa shape index (κ1) is 18.8. The predicted molar refractivity (Wildman–Crippen MR) is 112 cm³/mol. The Hall–Kier alpha value is -3.16. The second-order valence-electron chi connectivity index (χ2n) is 8.10. The lowest BCUT2D eigenvalue weighted by Crippen LogP contribution is -2.63. The highest BCUT2D eigenvalue weighted by Crippen LogP contribution is 2.33. The molecule has 0 radical (unpaired) electrons. The Morgan fingerprint density at radius 2 is 1.77 bits per heavy atom. The fraction of sp³-hybridized carbons (Fsp3) is 0.455. The standard InChI is InChI=1S/C22H26N6O2/c1-2-16-19(26-13-25-16)22(30)28-12-11-27(17-5-3-4-6-18(17)28)21(29)15-8-10-24-20-14(15)7-9-23-20/h7-10,13,17-18H,2-6,11-12H2,1H3,(H,23,24)(H,25,26). The maximum Gasteiger partial charge on any atom is 0.274 e. The Labute approximate surface area is 174 Å². The summed E-state index contributed by atoms with van der Waals surface area (Å²) in [5.74, 6) is 0.00838. The number of carbonyl (C=O) groups excluding carboxylic acids is 2. The topological polar surface area (TPSA) is 98.0 Å². The van der Waals surface area contributed by atoms with Crippen molar-refractivity contribution < 1.29 is 9.59 Å². The maximum atomic E-state index is 13.5. The van der Waals surface area contributed by atoms with Gasteiger partial charge in [0.15, 0.2) is 0 Å². The van der Waals surface area contributed by atoms with Crippen LogP contribution < -0.4 is 0 Å². The van der Waals surface area contributed by atoms with Crippen LogP contribution in [0.5, 0.6) is 0 Å². The second kappa shape index (κ2) is 7.59. The largest absolute Gasteiger partial charge is 0.348 e. The fourth-order valence-corrected chi connectivity index (χ4v) is 5.08. The number of hydrogen-bond donors (Lipinski definition) is 2. The first-order chi connectivity index (χ1) is 14.7. The molecule has 2 N–H and O–H groups in total. The van der Waals surface area contributed by atoms with Crippen LogP contribution in [0, 0.1) is 0 Å². The number of carbonyl (C=O) groups is 2. The molecule has 3 aromatic heterocycles. The van der Waals surface area contributed by atoms with E-state index in [9.17, 15) is 9.59 Å². The van der Waals surface area contributed by atoms with Crippen LogP contribution >= 0.6 is 0 Å². The first-order valence-corrected chi connectivity index (χ1v) is 10.7. The molecular formula is C22H26N6O2. The summed E-state index contributed by atoms with van der Waals surface area (Å²) in [7, 11) is 0. The van der Waals surface area contributed by atoms with E-state index >= 15 is 0 Å². The van der Waals surface area contributed by atoms with Crippen LogP contribution in [0.2, 0.25) is 0 Å². The molecule has 2 amide bonds. The summed E-state index contributed by atoms with van der Waals surface area (Å²) in [5, 5.41) is 0.845. The number of aromatic amines is 2. The summed E-state index contributed by atoms with van der Waals surface area (Å²) in [6.45, 7) is 3.08. The molecule has 8 nitrogen and oxygen atoms in total. The number of aromatic nitrogens is 4. The number of hydrogen-bond acceptors (Lipinski definition) is 4. The Bertz CT molecular complexity index is 1090. The lowest BCUT2D eigenvalue weighted by molar-refractivity contribution is 0.00356. The number of rotatable bonds is 3. The molecule has 5 rings (SSSR count). The number of nitrogens with one attached hydrogen (secondary N) is 2. The molecular weight excluding hydrogens is 380 g/mol. The highest BCUT2D eigenvalue weighted by atomic mass is 16.2. The minimum absolute atomic E-state index is 0.0194. The molecule has 1 saturated heterocycles. The van der Waals surface area contributed by atoms with Gasteiger partial charge in [-0.2, -0.15) is 0 Å². The molecule has 1 aliphatic heterocycles. The fourth-order valence-electron chi connectivity index (χ4n) is 5.08. The van der Waals surface area contributed by atoms with Gasteiger partial charge in [0.25, 0.3) is 11.8 Å². The van der Waals surface area contributed by atoms with Crippen molar-refractivity contribution in [1.29, 1.82) is 0 Å². The third-order valence-corrected chi connectivity index (χ3v) is 6.56. The van der Waals surface area contributed by atoms with Crippen LogP contribution in [0.1, 0.15) is 59.1 Å². The van der Waals surface area contributed by atoms with Gasteiger partial charge in [0, 0.05) is 36.6 Å². The van der Waals surface area contributed by atoms with Crippen molar-refractivity contribution >= 4 is 22.8 Å². The van der Waals surface area contributed by atoms with E-state index in [0.29, 0.717) is 24.3 Å². The summed E-state index contributed by atoms with van der Waals surface area (Å²) in [5.41, 5.74) is 2.79. The van der Waals surface area contributed by atoms with E-state index in [1.807, 2.05) is 29.0 Å². The lowest BCUT2D eigenvalue weighted by atomic mass is 9.85. The van der Waals surface area contributed by atoms with Gasteiger partial charge in [-0.15, -0.1) is 0 Å². The maximum absolute atomic E-state index is 13.5. The zero-order valence-corrected chi connectivity index (χ0v) is 17.1. The van der Waals surface area contributed by atoms with E-state index in [1.54, 1.807) is 18.6 Å². The van der Waals surface area contributed by atoms with E-state index in [2.05, 4.69) is 19.9 Å². The quantitative estimate of drug-likeness (QED) is 0.699. The van der Waals surface area contributed by atoms with Crippen molar-refractivity contribution in [3.63, 3.8) is 0 Å². The van der Waals surface area contributed by atoms with Gasteiger partial charge in [0.05, 0.1) is 24.0 Å². The number of fused-ring (bicyclic) bond motifs is 2. The van der Waals surface area contributed by atoms with E-state index in [4.69, 9.17) is 0 Å². The van der Waals surface area contributed by atoms with Crippen LogP contribution in [0.15, 0.2) is 30.9 Å². The SMILES string of the molecule is CCc1[nH]cnc1C(=O)N1CCN(C(=O)c2ccnc3[nH]ccc23)C2CCCCC21. The Morgan fingerprint density at radius 1 is 1.03 bits per heavy atom. The third kappa shape index (κ3) is 2.98. The van der Waals surface area contributed by atoms with Gasteiger partial charge in [-0.1, -0.05) is 19.8 Å². The molecule has 2 unspecified atom stereocenters. The molecule has 2 aliphatic rings. The molecule has 0 bridgehead atoms. The summed E-state index contributed by atoms with van der Waals surface area (Å²) in [6, 6.07) is 3.77. The van der Waals surface area contributed by atoms with Crippen molar-refractivity contribution in [2.24, 2.45) is 0 Å². The van der Waals surface area contributed by atoms with Gasteiger partial charge in [-0.05, 0) is 31.4 Å². The van der Waals surface area contributed by atoms with Crippen LogP contribution in [0.3, 0.4) is 0 Å². The molecule has 30 heavy (non-hydrogen) atoms. The van der Waals surface area contributed by atoms with Crippen LogP contribution in [-0.4, -0.2) is 66.7 Å². The van der Waals surface area contributed by atoms with E-state index in [1.165, 1.54) is 0 Å². The molecule has 2 atom stereocenters. The predicted octanol–water partition coefficient (Wildman–Crippen LogP) is 2.76. The number of piperazine rings is 1. The van der Waals surface area contributed by atoms with Crippen molar-refractivity contribution in [2.75, 3.05) is 13.1 Å². The van der Waals surface area contributed by atoms with Crippen molar-refractivity contribution in [3.8, 4) is 0 Å². The van der Waals surface area contributed by atoms with Gasteiger partial charge in [-0.3, -0.25) is 9.59 Å². The number of imidazole rings is 1. The Balaban J connectivity index is 1.44. The number of pyridine rings is 1. The van der Waals surface area contributed by atoms with Crippen LogP contribution in [0.4, 0.5) is 0 Å². The van der Waals surface area contributed by atoms with Crippen LogP contribution in [-0.2, 0) is 6.42 Å². The molecule has 1 saturated carbocycles. The molecule has 3 aromatic rings. The molecule has 0 aromatic carbocycles. The number of aryl methyl sites for hydroxylation is 1. The minimum Gasteiger partial charge on any atom is -0.348 e. The van der Waals surface area contributed by atoms with Crippen LogP contribution in [0.25, 0.3) is 11.0 Å². The number of nitrogens with zero attached hydrogens (tertiary/aromatic N) is 4. The summed E-state index contributed by atoms with van der Waals surface area (Å²) in [4.78, 5) is 45.5. The average Bonchev–Trinajstić information content (AvgIpc) is 3.46. The van der Waals surface area contributed by atoms with Crippen molar-refractivity contribution in [1.82, 2.24) is 29.7 Å². The summed E-state index contributed by atoms with van der Waals surface area (Å²) >= 11 is 0. The molecule has 1 aliphatic carbocycles. The van der Waals surface area contributed by atoms with E-state index in [0.717, 1.165) is 48.8 Å². The molecule has 0 spiro atoms. The highest BCUT2D eigenvalue weighted by Gasteiger charge is 2.43. The van der Waals surface area contributed by atoms with Gasteiger partial charge in [-0.25, -0.2) is 9.97 Å². The third-order valence-electron chi connectivity index (χ3n) is 6.56. The molecule has 4 heterocycles. The van der Waals surface area contributed by atoms with Gasteiger partial charge in [0.2, 0.25) is 0 Å². The second-order valence-corrected chi connectivity index (χ2v) is 8.10. The summed E-state index contributed by atoms with van der Waals surface area (Å²) < 4.78 is 0. The summed E-state index contributed by atoms with van der Waals surface area (Å²) in [6.07, 6.45) is 9.80. The lowest BCUT2D eigenvalue weighted by Gasteiger charge is -2.49. The zero-order valence-electron chi connectivity index (χ0n) is 17.1. The zero-order chi connectivity index (χ0) is 20.7. The number of amides is 2. The Kier molecular flexibility index (Phi) is 4.77. The van der Waals surface area contributed by atoms with E-state index < -0.39 is 0 Å². The number of H-pyrrole nitrogens is 2. The van der Waals surface area contributed by atoms with Gasteiger partial charge < -0.3 is 19.8 Å². The molecule has 156 valence electrons. The minimum atomic E-state index is -0.0194. The van der Waals surface area contributed by atoms with Crippen molar-refractivity contribution in [3.05, 3.63) is 47.8 Å².